The van der Waals surface area contributed by atoms with Crippen molar-refractivity contribution in [2.45, 2.75) is 25.1 Å². The van der Waals surface area contributed by atoms with Crippen LogP contribution in [0.5, 0.6) is 0 Å². The Hall–Kier alpha value is -0.450. The van der Waals surface area contributed by atoms with E-state index < -0.39 is 18.6 Å². The average Bonchev–Trinajstić information content (AvgIpc) is 2.14. The molecule has 16 heavy (non-hydrogen) atoms. The van der Waals surface area contributed by atoms with Crippen molar-refractivity contribution < 1.29 is 13.2 Å². The molecule has 0 aliphatic rings. The van der Waals surface area contributed by atoms with Crippen molar-refractivity contribution in [1.82, 2.24) is 0 Å². The zero-order valence-electron chi connectivity index (χ0n) is 8.30. The van der Waals surface area contributed by atoms with Crippen molar-refractivity contribution in [1.29, 1.82) is 0 Å². The summed E-state index contributed by atoms with van der Waals surface area (Å²) in [5, 5.41) is 0.409. The van der Waals surface area contributed by atoms with Crippen LogP contribution in [0.4, 0.5) is 13.2 Å². The topological polar surface area (TPSA) is 26.0 Å². The number of hydrogen-bond donors (Lipinski definition) is 1. The van der Waals surface area contributed by atoms with Crippen molar-refractivity contribution in [3.8, 4) is 0 Å². The van der Waals surface area contributed by atoms with Gasteiger partial charge in [0.15, 0.2) is 0 Å². The van der Waals surface area contributed by atoms with Gasteiger partial charge in [0.2, 0.25) is 0 Å². The highest BCUT2D eigenvalue weighted by molar-refractivity contribution is 6.31. The maximum absolute atomic E-state index is 11.9. The Morgan fingerprint density at radius 1 is 1.25 bits per heavy atom. The van der Waals surface area contributed by atoms with Gasteiger partial charge in [0.25, 0.3) is 0 Å². The second-order valence-corrected chi connectivity index (χ2v) is 3.69. The van der Waals surface area contributed by atoms with Crippen LogP contribution >= 0.6 is 24.0 Å². The molecule has 0 aliphatic carbocycles. The first-order valence-corrected chi connectivity index (χ1v) is 4.85. The molecule has 1 atom stereocenters. The predicted octanol–water partition coefficient (Wildman–Crippen LogP) is 4.10. The molecule has 0 radical (unpaired) electrons. The molecule has 0 bridgehead atoms. The molecule has 0 saturated carbocycles. The van der Waals surface area contributed by atoms with Gasteiger partial charge in [0.1, 0.15) is 0 Å². The van der Waals surface area contributed by atoms with E-state index in [1.54, 1.807) is 24.3 Å². The number of halogens is 5. The predicted molar refractivity (Wildman–Crippen MR) is 60.9 cm³/mol. The number of benzene rings is 1. The van der Waals surface area contributed by atoms with E-state index in [0.717, 1.165) is 0 Å². The van der Waals surface area contributed by atoms with Crippen LogP contribution in [-0.4, -0.2) is 6.18 Å². The maximum Gasteiger partial charge on any atom is 0.389 e. The van der Waals surface area contributed by atoms with E-state index in [1.165, 1.54) is 0 Å². The lowest BCUT2D eigenvalue weighted by atomic mass is 10.0. The Bertz CT molecular complexity index is 328. The largest absolute Gasteiger partial charge is 0.389 e. The fourth-order valence-corrected chi connectivity index (χ4v) is 1.53. The Balaban J connectivity index is 0.00000225. The fraction of sp³-hybridized carbons (Fsp3) is 0.400. The molecule has 1 nitrogen and oxygen atoms in total. The Morgan fingerprint density at radius 3 is 2.31 bits per heavy atom. The first-order valence-electron chi connectivity index (χ1n) is 4.47. The SMILES string of the molecule is Cl.N[C@@H](CCC(F)(F)F)c1ccccc1Cl. The van der Waals surface area contributed by atoms with Crippen molar-refractivity contribution in [3.63, 3.8) is 0 Å². The van der Waals surface area contributed by atoms with Crippen molar-refractivity contribution in [2.75, 3.05) is 0 Å². The van der Waals surface area contributed by atoms with Gasteiger partial charge in [0, 0.05) is 17.5 Å². The molecule has 1 aromatic rings. The highest BCUT2D eigenvalue weighted by Crippen LogP contribution is 2.29. The van der Waals surface area contributed by atoms with Crippen LogP contribution < -0.4 is 5.73 Å². The Labute approximate surface area is 103 Å². The summed E-state index contributed by atoms with van der Waals surface area (Å²) < 4.78 is 35.8. The lowest BCUT2D eigenvalue weighted by Crippen LogP contribution is -2.16. The molecule has 0 aliphatic heterocycles. The zero-order valence-corrected chi connectivity index (χ0v) is 9.87. The van der Waals surface area contributed by atoms with E-state index in [2.05, 4.69) is 0 Å². The Morgan fingerprint density at radius 2 is 1.81 bits per heavy atom. The third kappa shape index (κ3) is 5.05. The summed E-state index contributed by atoms with van der Waals surface area (Å²) in [6.45, 7) is 0. The summed E-state index contributed by atoms with van der Waals surface area (Å²) in [6.07, 6.45) is -5.20. The number of alkyl halides is 3. The van der Waals surface area contributed by atoms with Crippen LogP contribution in [0, 0.1) is 0 Å². The third-order valence-corrected chi connectivity index (χ3v) is 2.39. The van der Waals surface area contributed by atoms with E-state index in [4.69, 9.17) is 17.3 Å². The number of rotatable bonds is 3. The van der Waals surface area contributed by atoms with Crippen LogP contribution in [0.2, 0.25) is 5.02 Å². The molecular formula is C10H12Cl2F3N. The Kier molecular flexibility index (Phi) is 6.15. The highest BCUT2D eigenvalue weighted by Gasteiger charge is 2.28. The molecule has 0 heterocycles. The maximum atomic E-state index is 11.9. The minimum atomic E-state index is -4.17. The summed E-state index contributed by atoms with van der Waals surface area (Å²) in [4.78, 5) is 0. The van der Waals surface area contributed by atoms with Crippen molar-refractivity contribution in [2.24, 2.45) is 5.73 Å². The van der Waals surface area contributed by atoms with E-state index in [1.807, 2.05) is 0 Å². The molecule has 0 saturated heterocycles. The van der Waals surface area contributed by atoms with E-state index in [-0.39, 0.29) is 18.8 Å². The van der Waals surface area contributed by atoms with Crippen LogP contribution in [0.25, 0.3) is 0 Å². The molecular weight excluding hydrogens is 262 g/mol. The molecule has 0 fully saturated rings. The lowest BCUT2D eigenvalue weighted by Gasteiger charge is -2.14. The molecule has 0 spiro atoms. The third-order valence-electron chi connectivity index (χ3n) is 2.04. The number of nitrogens with two attached hydrogens (primary N) is 1. The molecule has 6 heteroatoms. The van der Waals surface area contributed by atoms with Gasteiger partial charge < -0.3 is 5.73 Å². The van der Waals surface area contributed by atoms with E-state index in [0.29, 0.717) is 10.6 Å². The van der Waals surface area contributed by atoms with Gasteiger partial charge in [-0.3, -0.25) is 0 Å². The van der Waals surface area contributed by atoms with E-state index >= 15 is 0 Å². The summed E-state index contributed by atoms with van der Waals surface area (Å²) in [7, 11) is 0. The van der Waals surface area contributed by atoms with Crippen LogP contribution in [0.3, 0.4) is 0 Å². The fourth-order valence-electron chi connectivity index (χ4n) is 1.25. The minimum Gasteiger partial charge on any atom is -0.324 e. The quantitative estimate of drug-likeness (QED) is 0.882. The summed E-state index contributed by atoms with van der Waals surface area (Å²) >= 11 is 5.81. The van der Waals surface area contributed by atoms with Crippen molar-refractivity contribution >= 4 is 24.0 Å². The normalized spacial score (nSPS) is 13.1. The van der Waals surface area contributed by atoms with Crippen LogP contribution in [0.1, 0.15) is 24.4 Å². The van der Waals surface area contributed by atoms with Gasteiger partial charge >= 0.3 is 6.18 Å². The van der Waals surface area contributed by atoms with Gasteiger partial charge in [-0.2, -0.15) is 13.2 Å². The highest BCUT2D eigenvalue weighted by atomic mass is 35.5. The monoisotopic (exact) mass is 273 g/mol. The summed E-state index contributed by atoms with van der Waals surface area (Å²) in [5.41, 5.74) is 6.18. The molecule has 2 N–H and O–H groups in total. The first kappa shape index (κ1) is 15.6. The van der Waals surface area contributed by atoms with Gasteiger partial charge in [-0.1, -0.05) is 29.8 Å². The molecule has 0 unspecified atom stereocenters. The van der Waals surface area contributed by atoms with Crippen LogP contribution in [0.15, 0.2) is 24.3 Å². The van der Waals surface area contributed by atoms with Gasteiger partial charge in [0.05, 0.1) is 0 Å². The average molecular weight is 274 g/mol. The minimum absolute atomic E-state index is 0. The van der Waals surface area contributed by atoms with Gasteiger partial charge in [-0.05, 0) is 18.1 Å². The molecule has 1 aromatic carbocycles. The van der Waals surface area contributed by atoms with Crippen molar-refractivity contribution in [3.05, 3.63) is 34.9 Å². The number of hydrogen-bond acceptors (Lipinski definition) is 1. The zero-order chi connectivity index (χ0) is 11.5. The molecule has 92 valence electrons. The molecule has 0 amide bonds. The second-order valence-electron chi connectivity index (χ2n) is 3.28. The standard InChI is InChI=1S/C10H11ClF3N.ClH/c11-8-4-2-1-3-7(8)9(15)5-6-10(12,13)14;/h1-4,9H,5-6,15H2;1H/t9-;/m0./s1. The van der Waals surface area contributed by atoms with Gasteiger partial charge in [-0.15, -0.1) is 12.4 Å². The smallest absolute Gasteiger partial charge is 0.324 e. The summed E-state index contributed by atoms with van der Waals surface area (Å²) in [6, 6.07) is 6.00. The molecule has 1 rings (SSSR count). The second kappa shape index (κ2) is 6.33. The first-order chi connectivity index (χ1) is 6.90. The van der Waals surface area contributed by atoms with E-state index in [9.17, 15) is 13.2 Å². The lowest BCUT2D eigenvalue weighted by molar-refractivity contribution is -0.136. The summed E-state index contributed by atoms with van der Waals surface area (Å²) in [5.74, 6) is 0. The van der Waals surface area contributed by atoms with Gasteiger partial charge in [-0.25, -0.2) is 0 Å². The molecule has 0 aromatic heterocycles. The van der Waals surface area contributed by atoms with Crippen LogP contribution in [-0.2, 0) is 0 Å².